The average Bonchev–Trinajstić information content (AvgIpc) is 2.48. The van der Waals surface area contributed by atoms with Gasteiger partial charge in [-0.2, -0.15) is 8.42 Å². The summed E-state index contributed by atoms with van der Waals surface area (Å²) in [5.41, 5.74) is 0.270. The number of rotatable bonds is 3. The minimum absolute atomic E-state index is 0.0314. The van der Waals surface area contributed by atoms with E-state index < -0.39 is 10.1 Å². The number of nitrogens with zero attached hydrogens (tertiary/aromatic N) is 1. The van der Waals surface area contributed by atoms with Crippen molar-refractivity contribution in [3.63, 3.8) is 0 Å². The van der Waals surface area contributed by atoms with E-state index in [1.807, 2.05) is 0 Å². The van der Waals surface area contributed by atoms with Crippen LogP contribution < -0.4 is 4.18 Å². The molecule has 2 aromatic carbocycles. The molecule has 1 aromatic heterocycles. The first-order chi connectivity index (χ1) is 10.5. The normalized spacial score (nSPS) is 11.5. The summed E-state index contributed by atoms with van der Waals surface area (Å²) in [5, 5.41) is 10.9. The second-order valence-electron chi connectivity index (χ2n) is 4.49. The third-order valence-electron chi connectivity index (χ3n) is 2.97. The summed E-state index contributed by atoms with van der Waals surface area (Å²) in [6.07, 6.45) is 0. The van der Waals surface area contributed by atoms with Gasteiger partial charge in [0.15, 0.2) is 0 Å². The summed E-state index contributed by atoms with van der Waals surface area (Å²) in [4.78, 5) is 3.99. The maximum absolute atomic E-state index is 12.2. The molecule has 0 spiro atoms. The second kappa shape index (κ2) is 5.47. The summed E-state index contributed by atoms with van der Waals surface area (Å²) in [6.45, 7) is 0. The predicted octanol–water partition coefficient (Wildman–Crippen LogP) is 3.36. The van der Waals surface area contributed by atoms with Gasteiger partial charge in [0.05, 0.1) is 0 Å². The van der Waals surface area contributed by atoms with Gasteiger partial charge in [-0.05, 0) is 36.4 Å². The lowest BCUT2D eigenvalue weighted by atomic mass is 10.2. The van der Waals surface area contributed by atoms with E-state index in [0.717, 1.165) is 0 Å². The Morgan fingerprint density at radius 3 is 2.45 bits per heavy atom. The zero-order valence-electron chi connectivity index (χ0n) is 11.1. The first-order valence-corrected chi connectivity index (χ1v) is 8.03. The molecule has 0 saturated heterocycles. The van der Waals surface area contributed by atoms with Crippen molar-refractivity contribution in [2.24, 2.45) is 0 Å². The van der Waals surface area contributed by atoms with Crippen LogP contribution in [0, 0.1) is 0 Å². The molecule has 0 aliphatic carbocycles. The van der Waals surface area contributed by atoms with E-state index in [4.69, 9.17) is 15.8 Å². The van der Waals surface area contributed by atoms with Gasteiger partial charge in [-0.1, -0.05) is 23.7 Å². The second-order valence-corrected chi connectivity index (χ2v) is 6.47. The summed E-state index contributed by atoms with van der Waals surface area (Å²) >= 11 is 5.73. The molecule has 0 aliphatic heterocycles. The van der Waals surface area contributed by atoms with E-state index in [1.165, 1.54) is 36.4 Å². The highest BCUT2D eigenvalue weighted by molar-refractivity contribution is 7.87. The molecule has 0 amide bonds. The number of benzene rings is 2. The topological polar surface area (TPSA) is 76.5 Å². The highest BCUT2D eigenvalue weighted by Gasteiger charge is 2.17. The van der Waals surface area contributed by atoms with E-state index in [9.17, 15) is 13.5 Å². The molecule has 0 bridgehead atoms. The molecule has 0 aliphatic rings. The van der Waals surface area contributed by atoms with Crippen LogP contribution in [0.2, 0.25) is 5.02 Å². The van der Waals surface area contributed by atoms with Crippen LogP contribution in [0.5, 0.6) is 11.6 Å². The quantitative estimate of drug-likeness (QED) is 0.743. The van der Waals surface area contributed by atoms with Crippen molar-refractivity contribution in [1.29, 1.82) is 0 Å². The average molecular weight is 336 g/mol. The van der Waals surface area contributed by atoms with Crippen LogP contribution in [-0.4, -0.2) is 18.5 Å². The fourth-order valence-corrected chi connectivity index (χ4v) is 2.93. The maximum atomic E-state index is 12.2. The number of aromatic hydroxyl groups is 1. The van der Waals surface area contributed by atoms with Crippen molar-refractivity contribution in [3.05, 3.63) is 59.6 Å². The molecule has 0 atom stereocenters. The zero-order valence-corrected chi connectivity index (χ0v) is 12.7. The van der Waals surface area contributed by atoms with Gasteiger partial charge in [0.1, 0.15) is 16.2 Å². The van der Waals surface area contributed by atoms with E-state index in [1.54, 1.807) is 18.2 Å². The van der Waals surface area contributed by atoms with Crippen molar-refractivity contribution < 1.29 is 17.7 Å². The van der Waals surface area contributed by atoms with Gasteiger partial charge in [-0.3, -0.25) is 0 Å². The van der Waals surface area contributed by atoms with Gasteiger partial charge in [0.25, 0.3) is 0 Å². The Hall–Kier alpha value is -2.31. The maximum Gasteiger partial charge on any atom is 0.340 e. The standard InChI is InChI=1S/C15H10ClNO4S/c16-11-5-7-12(8-6-11)22(19,20)21-14-9-4-10-2-1-3-13(18)15(10)17-14/h1-9,18H. The molecule has 3 rings (SSSR count). The van der Waals surface area contributed by atoms with E-state index in [-0.39, 0.29) is 22.0 Å². The van der Waals surface area contributed by atoms with Crippen molar-refractivity contribution in [3.8, 4) is 11.6 Å². The molecule has 112 valence electrons. The smallest absolute Gasteiger partial charge is 0.340 e. The molecule has 0 radical (unpaired) electrons. The molecule has 0 saturated carbocycles. The Bertz CT molecular complexity index is 939. The Kier molecular flexibility index (Phi) is 3.64. The molecular weight excluding hydrogens is 326 g/mol. The lowest BCUT2D eigenvalue weighted by Gasteiger charge is -2.07. The molecule has 3 aromatic rings. The van der Waals surface area contributed by atoms with Crippen molar-refractivity contribution in [2.45, 2.75) is 4.90 Å². The number of phenols is 1. The van der Waals surface area contributed by atoms with E-state index >= 15 is 0 Å². The molecule has 0 fully saturated rings. The molecule has 5 nitrogen and oxygen atoms in total. The summed E-state index contributed by atoms with van der Waals surface area (Å²) in [5.74, 6) is -0.171. The predicted molar refractivity (Wildman–Crippen MR) is 82.7 cm³/mol. The van der Waals surface area contributed by atoms with Crippen LogP contribution in [0.4, 0.5) is 0 Å². The minimum atomic E-state index is -4.01. The van der Waals surface area contributed by atoms with Gasteiger partial charge in [0.2, 0.25) is 5.88 Å². The lowest BCUT2D eigenvalue weighted by Crippen LogP contribution is -2.10. The third-order valence-corrected chi connectivity index (χ3v) is 4.46. The number of halogens is 1. The van der Waals surface area contributed by atoms with Gasteiger partial charge in [-0.25, -0.2) is 4.98 Å². The summed E-state index contributed by atoms with van der Waals surface area (Å²) in [7, 11) is -4.01. The van der Waals surface area contributed by atoms with Crippen LogP contribution >= 0.6 is 11.6 Å². The number of aromatic nitrogens is 1. The van der Waals surface area contributed by atoms with Crippen molar-refractivity contribution in [1.82, 2.24) is 4.98 Å². The molecule has 7 heteroatoms. The highest BCUT2D eigenvalue weighted by Crippen LogP contribution is 2.26. The summed E-state index contributed by atoms with van der Waals surface area (Å²) < 4.78 is 29.3. The van der Waals surface area contributed by atoms with Gasteiger partial charge < -0.3 is 9.29 Å². The molecular formula is C15H10ClNO4S. The van der Waals surface area contributed by atoms with Gasteiger partial charge in [0, 0.05) is 16.5 Å². The lowest BCUT2D eigenvalue weighted by molar-refractivity contribution is 0.470. The van der Waals surface area contributed by atoms with Crippen molar-refractivity contribution >= 4 is 32.6 Å². The van der Waals surface area contributed by atoms with Crippen LogP contribution in [-0.2, 0) is 10.1 Å². The molecule has 22 heavy (non-hydrogen) atoms. The van der Waals surface area contributed by atoms with Crippen LogP contribution in [0.1, 0.15) is 0 Å². The number of hydrogen-bond donors (Lipinski definition) is 1. The van der Waals surface area contributed by atoms with Crippen molar-refractivity contribution in [2.75, 3.05) is 0 Å². The van der Waals surface area contributed by atoms with Gasteiger partial charge >= 0.3 is 10.1 Å². The number of pyridine rings is 1. The SMILES string of the molecule is O=S(=O)(Oc1ccc2cccc(O)c2n1)c1ccc(Cl)cc1. The fraction of sp³-hybridized carbons (Fsp3) is 0. The third kappa shape index (κ3) is 2.84. The monoisotopic (exact) mass is 335 g/mol. The first kappa shape index (κ1) is 14.6. The number of hydrogen-bond acceptors (Lipinski definition) is 5. The van der Waals surface area contributed by atoms with Gasteiger partial charge in [-0.15, -0.1) is 0 Å². The van der Waals surface area contributed by atoms with Crippen LogP contribution in [0.3, 0.4) is 0 Å². The highest BCUT2D eigenvalue weighted by atomic mass is 35.5. The zero-order chi connectivity index (χ0) is 15.7. The Morgan fingerprint density at radius 1 is 1.00 bits per heavy atom. The van der Waals surface area contributed by atoms with Crippen LogP contribution in [0.25, 0.3) is 10.9 Å². The Morgan fingerprint density at radius 2 is 1.73 bits per heavy atom. The number of fused-ring (bicyclic) bond motifs is 1. The summed E-state index contributed by atoms with van der Waals surface area (Å²) in [6, 6.07) is 13.5. The number of para-hydroxylation sites is 1. The fourth-order valence-electron chi connectivity index (χ4n) is 1.92. The minimum Gasteiger partial charge on any atom is -0.506 e. The van der Waals surface area contributed by atoms with E-state index in [2.05, 4.69) is 4.98 Å². The Labute approximate surface area is 131 Å². The molecule has 1 heterocycles. The largest absolute Gasteiger partial charge is 0.506 e. The molecule has 0 unspecified atom stereocenters. The Balaban J connectivity index is 1.98. The van der Waals surface area contributed by atoms with Crippen LogP contribution in [0.15, 0.2) is 59.5 Å². The molecule has 1 N–H and O–H groups in total. The van der Waals surface area contributed by atoms with E-state index in [0.29, 0.717) is 10.4 Å². The first-order valence-electron chi connectivity index (χ1n) is 6.24. The number of phenolic OH excluding ortho intramolecular Hbond substituents is 1.